The summed E-state index contributed by atoms with van der Waals surface area (Å²) in [4.78, 5) is 10.6. The second-order valence-corrected chi connectivity index (χ2v) is 15.7. The summed E-state index contributed by atoms with van der Waals surface area (Å²) in [6.07, 6.45) is 0. The average molecular weight is 763 g/mol. The third-order valence-corrected chi connectivity index (χ3v) is 12.5. The second kappa shape index (κ2) is 12.7. The van der Waals surface area contributed by atoms with Crippen molar-refractivity contribution < 1.29 is 0 Å². The molecule has 0 bridgehead atoms. The summed E-state index contributed by atoms with van der Waals surface area (Å²) < 4.78 is 5.00. The molecule has 0 radical (unpaired) electrons. The number of rotatable bonds is 4. The zero-order valence-corrected chi connectivity index (χ0v) is 32.4. The quantitative estimate of drug-likeness (QED) is 0.179. The van der Waals surface area contributed by atoms with Crippen molar-refractivity contribution in [3.63, 3.8) is 0 Å². The molecule has 13 rings (SSSR count). The molecule has 13 aromatic rings. The number of para-hydroxylation sites is 3. The number of aromatic nitrogens is 4. The van der Waals surface area contributed by atoms with Crippen molar-refractivity contribution in [2.75, 3.05) is 0 Å². The van der Waals surface area contributed by atoms with Crippen molar-refractivity contribution in [3.05, 3.63) is 206 Å². The summed E-state index contributed by atoms with van der Waals surface area (Å²) in [6.45, 7) is 0. The topological polar surface area (TPSA) is 35.6 Å². The summed E-state index contributed by atoms with van der Waals surface area (Å²) in [5.74, 6) is 0. The van der Waals surface area contributed by atoms with Gasteiger partial charge in [0.15, 0.2) is 0 Å². The highest BCUT2D eigenvalue weighted by Gasteiger charge is 2.23. The van der Waals surface area contributed by atoms with Gasteiger partial charge in [-0.25, -0.2) is 9.97 Å². The van der Waals surface area contributed by atoms with Crippen LogP contribution in [0, 0.1) is 0 Å². The molecule has 3 aromatic heterocycles. The van der Waals surface area contributed by atoms with E-state index in [0.29, 0.717) is 0 Å². The number of fused-ring (bicyclic) bond motifs is 11. The maximum atomic E-state index is 5.34. The Balaban J connectivity index is 1.15. The summed E-state index contributed by atoms with van der Waals surface area (Å²) in [5, 5.41) is 12.1. The van der Waals surface area contributed by atoms with Gasteiger partial charge in [-0.05, 0) is 76.1 Å². The normalized spacial score (nSPS) is 12.0. The molecule has 0 saturated heterocycles. The zero-order valence-electron chi connectivity index (χ0n) is 32.4. The molecular formula is C56H34N4. The highest BCUT2D eigenvalue weighted by Crippen LogP contribution is 2.45. The highest BCUT2D eigenvalue weighted by molar-refractivity contribution is 6.22. The van der Waals surface area contributed by atoms with Gasteiger partial charge in [-0.2, -0.15) is 0 Å². The molecule has 0 saturated carbocycles. The molecule has 3 heterocycles. The number of benzene rings is 10. The van der Waals surface area contributed by atoms with E-state index >= 15 is 0 Å². The van der Waals surface area contributed by atoms with Crippen LogP contribution in [0.5, 0.6) is 0 Å². The van der Waals surface area contributed by atoms with Crippen LogP contribution >= 0.6 is 0 Å². The van der Waals surface area contributed by atoms with Gasteiger partial charge in [-0.1, -0.05) is 152 Å². The largest absolute Gasteiger partial charge is 0.309 e. The van der Waals surface area contributed by atoms with Crippen LogP contribution in [-0.4, -0.2) is 19.1 Å². The lowest BCUT2D eigenvalue weighted by molar-refractivity contribution is 1.18. The van der Waals surface area contributed by atoms with Crippen LogP contribution in [0.25, 0.3) is 121 Å². The molecule has 0 aliphatic carbocycles. The minimum Gasteiger partial charge on any atom is -0.309 e. The van der Waals surface area contributed by atoms with Crippen LogP contribution in [0.1, 0.15) is 0 Å². The lowest BCUT2D eigenvalue weighted by atomic mass is 9.96. The first-order chi connectivity index (χ1) is 29.8. The summed E-state index contributed by atoms with van der Waals surface area (Å²) in [7, 11) is 0. The average Bonchev–Trinajstić information content (AvgIpc) is 3.83. The van der Waals surface area contributed by atoms with Gasteiger partial charge in [0.25, 0.3) is 0 Å². The Morgan fingerprint density at radius 3 is 1.77 bits per heavy atom. The molecule has 0 unspecified atom stereocenters. The smallest absolute Gasteiger partial charge is 0.0979 e. The maximum Gasteiger partial charge on any atom is 0.0979 e. The molecule has 278 valence electrons. The van der Waals surface area contributed by atoms with Gasteiger partial charge in [0.2, 0.25) is 0 Å². The Morgan fingerprint density at radius 2 is 0.950 bits per heavy atom. The van der Waals surface area contributed by atoms with Gasteiger partial charge in [0.1, 0.15) is 0 Å². The fourth-order valence-electron chi connectivity index (χ4n) is 9.83. The number of hydrogen-bond acceptors (Lipinski definition) is 2. The standard InChI is InChI=1S/C56H34N4/c1-2-16-36(17-3-1)54-55(58-47-25-12-11-24-46(47)57-54)43-31-32-49(41-22-9-8-21-40(41)43)59-50-27-14-28-51(53(50)45-33-37-18-4-5-19-38(37)34-52(45)59)60-48-26-13-10-23-42(48)44-30-29-35-15-6-7-20-39(35)56(44)60/h1-34H. The molecule has 60 heavy (non-hydrogen) atoms. The van der Waals surface area contributed by atoms with Gasteiger partial charge < -0.3 is 9.13 Å². The van der Waals surface area contributed by atoms with E-state index in [1.807, 2.05) is 24.3 Å². The van der Waals surface area contributed by atoms with Crippen molar-refractivity contribution in [1.29, 1.82) is 0 Å². The van der Waals surface area contributed by atoms with Crippen LogP contribution in [0.15, 0.2) is 206 Å². The third kappa shape index (κ3) is 4.73. The molecule has 0 aliphatic rings. The molecule has 0 N–H and O–H groups in total. The first-order valence-corrected chi connectivity index (χ1v) is 20.5. The SMILES string of the molecule is c1ccc(-c2nc3ccccc3nc2-c2ccc(-n3c4cc5ccccc5cc4c4c(-n5c6ccccc6c6ccc7ccccc7c65)cccc43)c3ccccc23)cc1. The molecular weight excluding hydrogens is 729 g/mol. The van der Waals surface area contributed by atoms with E-state index in [0.717, 1.165) is 66.7 Å². The van der Waals surface area contributed by atoms with Crippen LogP contribution in [-0.2, 0) is 0 Å². The predicted octanol–water partition coefficient (Wildman–Crippen LogP) is 14.6. The van der Waals surface area contributed by atoms with Crippen molar-refractivity contribution >= 4 is 87.0 Å². The van der Waals surface area contributed by atoms with Crippen LogP contribution < -0.4 is 0 Å². The van der Waals surface area contributed by atoms with Crippen molar-refractivity contribution in [2.45, 2.75) is 0 Å². The first-order valence-electron chi connectivity index (χ1n) is 20.5. The second-order valence-electron chi connectivity index (χ2n) is 15.7. The molecule has 0 fully saturated rings. The minimum absolute atomic E-state index is 0.872. The van der Waals surface area contributed by atoms with Gasteiger partial charge in [-0.15, -0.1) is 0 Å². The van der Waals surface area contributed by atoms with Gasteiger partial charge in [-0.3, -0.25) is 0 Å². The highest BCUT2D eigenvalue weighted by atomic mass is 15.0. The Labute approximate surface area is 344 Å². The monoisotopic (exact) mass is 762 g/mol. The lowest BCUT2D eigenvalue weighted by Gasteiger charge is -2.17. The molecule has 0 aliphatic heterocycles. The third-order valence-electron chi connectivity index (χ3n) is 12.5. The Hall–Kier alpha value is -8.08. The van der Waals surface area contributed by atoms with Crippen molar-refractivity contribution in [1.82, 2.24) is 19.1 Å². The lowest BCUT2D eigenvalue weighted by Crippen LogP contribution is -2.00. The summed E-state index contributed by atoms with van der Waals surface area (Å²) in [6, 6.07) is 74.4. The van der Waals surface area contributed by atoms with E-state index in [1.54, 1.807) is 0 Å². The Kier molecular flexibility index (Phi) is 6.98. The fraction of sp³-hybridized carbons (Fsp3) is 0. The van der Waals surface area contributed by atoms with E-state index in [9.17, 15) is 0 Å². The summed E-state index contributed by atoms with van der Waals surface area (Å²) in [5.41, 5.74) is 12.6. The van der Waals surface area contributed by atoms with Gasteiger partial charge >= 0.3 is 0 Å². The van der Waals surface area contributed by atoms with Gasteiger partial charge in [0.05, 0.1) is 55.9 Å². The summed E-state index contributed by atoms with van der Waals surface area (Å²) >= 11 is 0. The zero-order chi connectivity index (χ0) is 39.3. The first kappa shape index (κ1) is 32.9. The molecule has 0 amide bonds. The fourth-order valence-corrected chi connectivity index (χ4v) is 9.83. The van der Waals surface area contributed by atoms with Crippen LogP contribution in [0.4, 0.5) is 0 Å². The van der Waals surface area contributed by atoms with E-state index in [2.05, 4.69) is 191 Å². The van der Waals surface area contributed by atoms with Gasteiger partial charge in [0, 0.05) is 43.4 Å². The van der Waals surface area contributed by atoms with Crippen molar-refractivity contribution in [2.24, 2.45) is 0 Å². The van der Waals surface area contributed by atoms with E-state index < -0.39 is 0 Å². The van der Waals surface area contributed by atoms with Crippen LogP contribution in [0.3, 0.4) is 0 Å². The minimum atomic E-state index is 0.872. The Bertz CT molecular complexity index is 3890. The molecule has 10 aromatic carbocycles. The van der Waals surface area contributed by atoms with E-state index in [-0.39, 0.29) is 0 Å². The molecule has 0 atom stereocenters. The number of hydrogen-bond donors (Lipinski definition) is 0. The molecule has 0 spiro atoms. The maximum absolute atomic E-state index is 5.34. The van der Waals surface area contributed by atoms with E-state index in [1.165, 1.54) is 54.1 Å². The van der Waals surface area contributed by atoms with Crippen molar-refractivity contribution in [3.8, 4) is 33.9 Å². The predicted molar refractivity (Wildman–Crippen MR) is 252 cm³/mol. The van der Waals surface area contributed by atoms with E-state index in [4.69, 9.17) is 9.97 Å². The molecule has 4 nitrogen and oxygen atoms in total. The Morgan fingerprint density at radius 1 is 0.317 bits per heavy atom. The number of nitrogens with zero attached hydrogens (tertiary/aromatic N) is 4. The molecule has 4 heteroatoms. The van der Waals surface area contributed by atoms with Crippen LogP contribution in [0.2, 0.25) is 0 Å².